The van der Waals surface area contributed by atoms with Crippen LogP contribution in [0.5, 0.6) is 5.75 Å². The maximum Gasteiger partial charge on any atom is 0.291 e. The summed E-state index contributed by atoms with van der Waals surface area (Å²) in [4.78, 5) is 54.0. The van der Waals surface area contributed by atoms with E-state index in [9.17, 15) is 19.2 Å². The summed E-state index contributed by atoms with van der Waals surface area (Å²) in [5.41, 5.74) is 6.56. The van der Waals surface area contributed by atoms with Gasteiger partial charge in [0.2, 0.25) is 23.3 Å². The first kappa shape index (κ1) is 22.4. The molecule has 176 valence electrons. The number of imide groups is 1. The normalized spacial score (nSPS) is 27.2. The van der Waals surface area contributed by atoms with E-state index in [1.807, 2.05) is 0 Å². The SMILES string of the molecule is COc1ccccc1CN1C(=O)[C@H]2[C@@H](C1=O)[C@@]1([NH2+][C@@H]2CC(N)=O)C(=O)Nc2c1ccc(Cl)c2C. The molecule has 1 spiro atoms. The van der Waals surface area contributed by atoms with Crippen LogP contribution in [-0.4, -0.2) is 41.7 Å². The lowest BCUT2D eigenvalue weighted by molar-refractivity contribution is -0.732. The summed E-state index contributed by atoms with van der Waals surface area (Å²) in [5.74, 6) is -3.21. The number of methoxy groups -OCH3 is 1. The number of primary amides is 1. The number of benzene rings is 2. The summed E-state index contributed by atoms with van der Waals surface area (Å²) in [6.07, 6.45) is -0.139. The molecule has 3 heterocycles. The maximum atomic E-state index is 13.8. The second kappa shape index (κ2) is 7.82. The van der Waals surface area contributed by atoms with Crippen molar-refractivity contribution in [1.82, 2.24) is 4.90 Å². The predicted molar refractivity (Wildman–Crippen MR) is 122 cm³/mol. The number of nitrogens with two attached hydrogens (primary N) is 2. The lowest BCUT2D eigenvalue weighted by Crippen LogP contribution is -2.99. The van der Waals surface area contributed by atoms with E-state index in [-0.39, 0.29) is 13.0 Å². The van der Waals surface area contributed by atoms with Crippen molar-refractivity contribution in [2.24, 2.45) is 17.6 Å². The van der Waals surface area contributed by atoms with Gasteiger partial charge in [0.15, 0.2) is 0 Å². The molecule has 3 aliphatic rings. The zero-order chi connectivity index (χ0) is 24.4. The Morgan fingerprint density at radius 1 is 1.21 bits per heavy atom. The summed E-state index contributed by atoms with van der Waals surface area (Å²) in [7, 11) is 1.52. The topological polar surface area (TPSA) is 135 Å². The van der Waals surface area contributed by atoms with Gasteiger partial charge in [-0.3, -0.25) is 24.1 Å². The van der Waals surface area contributed by atoms with Crippen molar-refractivity contribution in [1.29, 1.82) is 0 Å². The smallest absolute Gasteiger partial charge is 0.291 e. The molecule has 0 unspecified atom stereocenters. The van der Waals surface area contributed by atoms with Gasteiger partial charge in [0.05, 0.1) is 25.8 Å². The molecule has 9 nitrogen and oxygen atoms in total. The number of hydrogen-bond acceptors (Lipinski definition) is 5. The summed E-state index contributed by atoms with van der Waals surface area (Å²) in [6.45, 7) is 1.78. The minimum absolute atomic E-state index is 0.00216. The first-order valence-corrected chi connectivity index (χ1v) is 11.3. The third kappa shape index (κ3) is 2.97. The van der Waals surface area contributed by atoms with Crippen molar-refractivity contribution >= 4 is 40.9 Å². The Labute approximate surface area is 200 Å². The monoisotopic (exact) mass is 483 g/mol. The Balaban J connectivity index is 1.62. The van der Waals surface area contributed by atoms with E-state index in [1.165, 1.54) is 12.0 Å². The zero-order valence-electron chi connectivity index (χ0n) is 18.6. The highest BCUT2D eigenvalue weighted by Crippen LogP contribution is 2.51. The highest BCUT2D eigenvalue weighted by Gasteiger charge is 2.74. The van der Waals surface area contributed by atoms with Gasteiger partial charge in [-0.05, 0) is 30.7 Å². The van der Waals surface area contributed by atoms with Crippen molar-refractivity contribution in [2.75, 3.05) is 12.4 Å². The van der Waals surface area contributed by atoms with Crippen LogP contribution in [0.3, 0.4) is 0 Å². The molecule has 0 aromatic heterocycles. The predicted octanol–water partition coefficient (Wildman–Crippen LogP) is 0.427. The van der Waals surface area contributed by atoms with E-state index in [0.29, 0.717) is 33.1 Å². The molecule has 0 saturated carbocycles. The number of quaternary nitrogens is 1. The van der Waals surface area contributed by atoms with Crippen molar-refractivity contribution in [2.45, 2.75) is 31.5 Å². The molecule has 0 radical (unpaired) electrons. The number of para-hydroxylation sites is 1. The number of carbonyl (C=O) groups excluding carboxylic acids is 4. The van der Waals surface area contributed by atoms with Crippen LogP contribution in [0.4, 0.5) is 5.69 Å². The summed E-state index contributed by atoms with van der Waals surface area (Å²) in [5, 5.41) is 5.03. The molecule has 2 saturated heterocycles. The molecule has 0 bridgehead atoms. The van der Waals surface area contributed by atoms with E-state index in [2.05, 4.69) is 5.32 Å². The van der Waals surface area contributed by atoms with E-state index in [1.54, 1.807) is 48.6 Å². The second-order valence-electron chi connectivity index (χ2n) is 9.00. The fourth-order valence-corrected chi connectivity index (χ4v) is 5.95. The van der Waals surface area contributed by atoms with Gasteiger partial charge in [-0.1, -0.05) is 29.8 Å². The zero-order valence-corrected chi connectivity index (χ0v) is 19.4. The van der Waals surface area contributed by atoms with Crippen molar-refractivity contribution in [3.8, 4) is 5.75 Å². The number of halogens is 1. The van der Waals surface area contributed by atoms with Crippen molar-refractivity contribution < 1.29 is 29.2 Å². The third-order valence-electron chi connectivity index (χ3n) is 7.29. The van der Waals surface area contributed by atoms with Gasteiger partial charge in [0, 0.05) is 16.1 Å². The molecular weight excluding hydrogens is 460 g/mol. The largest absolute Gasteiger partial charge is 0.496 e. The molecule has 0 aliphatic carbocycles. The first-order chi connectivity index (χ1) is 16.2. The van der Waals surface area contributed by atoms with Crippen LogP contribution in [0, 0.1) is 18.8 Å². The van der Waals surface area contributed by atoms with E-state index in [4.69, 9.17) is 22.1 Å². The number of fused-ring (bicyclic) bond motifs is 4. The number of rotatable bonds is 5. The van der Waals surface area contributed by atoms with Gasteiger partial charge in [-0.2, -0.15) is 0 Å². The van der Waals surface area contributed by atoms with Crippen LogP contribution in [0.25, 0.3) is 0 Å². The number of amides is 4. The van der Waals surface area contributed by atoms with Crippen LogP contribution in [0.2, 0.25) is 5.02 Å². The summed E-state index contributed by atoms with van der Waals surface area (Å²) < 4.78 is 5.38. The average Bonchev–Trinajstić information content (AvgIpc) is 3.37. The molecule has 2 fully saturated rings. The van der Waals surface area contributed by atoms with Crippen LogP contribution < -0.4 is 21.1 Å². The van der Waals surface area contributed by atoms with E-state index < -0.39 is 47.0 Å². The number of ether oxygens (including phenoxy) is 1. The number of nitrogens with one attached hydrogen (secondary N) is 1. The first-order valence-electron chi connectivity index (χ1n) is 10.9. The van der Waals surface area contributed by atoms with Gasteiger partial charge in [0.1, 0.15) is 23.6 Å². The van der Waals surface area contributed by atoms with Crippen LogP contribution in [0.1, 0.15) is 23.1 Å². The molecule has 2 aromatic carbocycles. The number of anilines is 1. The van der Waals surface area contributed by atoms with Gasteiger partial charge in [-0.15, -0.1) is 0 Å². The van der Waals surface area contributed by atoms with Crippen LogP contribution in [-0.2, 0) is 31.3 Å². The number of nitrogens with zero attached hydrogens (tertiary/aromatic N) is 1. The van der Waals surface area contributed by atoms with Gasteiger partial charge >= 0.3 is 0 Å². The second-order valence-corrected chi connectivity index (χ2v) is 9.40. The minimum atomic E-state index is -1.39. The molecule has 4 amide bonds. The molecular formula is C24H24ClN4O5+. The Morgan fingerprint density at radius 3 is 2.65 bits per heavy atom. The van der Waals surface area contributed by atoms with Gasteiger partial charge in [-0.25, -0.2) is 0 Å². The quantitative estimate of drug-likeness (QED) is 0.530. The number of carbonyl (C=O) groups is 4. The van der Waals surface area contributed by atoms with E-state index in [0.717, 1.165) is 0 Å². The lowest BCUT2D eigenvalue weighted by atomic mass is 9.76. The Kier molecular flexibility index (Phi) is 5.14. The summed E-state index contributed by atoms with van der Waals surface area (Å²) >= 11 is 6.27. The average molecular weight is 484 g/mol. The van der Waals surface area contributed by atoms with Crippen molar-refractivity contribution in [3.63, 3.8) is 0 Å². The standard InChI is InChI=1S/C24H23ClN4O5/c1-11-14(25)8-7-13-20(11)27-23(33)24(13)19-18(15(28-24)9-17(26)30)21(31)29(22(19)32)10-12-5-3-4-6-16(12)34-2/h3-8,15,18-19,28H,9-10H2,1-2H3,(H2,26,30)(H,27,33)/p+1/t15-,18-,19+,24-/m1/s1. The molecule has 10 heteroatoms. The van der Waals surface area contributed by atoms with E-state index >= 15 is 0 Å². The molecule has 2 aromatic rings. The van der Waals surface area contributed by atoms with Crippen molar-refractivity contribution in [3.05, 3.63) is 58.1 Å². The van der Waals surface area contributed by atoms with Crippen LogP contribution in [0.15, 0.2) is 36.4 Å². The fraction of sp³-hybridized carbons (Fsp3) is 0.333. The summed E-state index contributed by atoms with van der Waals surface area (Å²) in [6, 6.07) is 9.85. The Morgan fingerprint density at radius 2 is 1.94 bits per heavy atom. The molecule has 34 heavy (non-hydrogen) atoms. The molecule has 5 N–H and O–H groups in total. The molecule has 3 aliphatic heterocycles. The van der Waals surface area contributed by atoms with Crippen LogP contribution >= 0.6 is 11.6 Å². The Bertz CT molecular complexity index is 1260. The molecule has 5 rings (SSSR count). The highest BCUT2D eigenvalue weighted by molar-refractivity contribution is 6.32. The van der Waals surface area contributed by atoms with Gasteiger partial charge in [0.25, 0.3) is 5.91 Å². The fourth-order valence-electron chi connectivity index (χ4n) is 5.79. The van der Waals surface area contributed by atoms with Gasteiger partial charge < -0.3 is 21.1 Å². The number of hydrogen-bond donors (Lipinski definition) is 3. The minimum Gasteiger partial charge on any atom is -0.496 e. The highest BCUT2D eigenvalue weighted by atomic mass is 35.5. The maximum absolute atomic E-state index is 13.8. The third-order valence-corrected chi connectivity index (χ3v) is 7.70. The molecule has 4 atom stereocenters. The number of likely N-dealkylation sites (tertiary alicyclic amines) is 1. The lowest BCUT2D eigenvalue weighted by Gasteiger charge is -2.26. The Hall–Kier alpha value is -3.43.